The topological polar surface area (TPSA) is 50.7 Å². The number of hydrogen-bond acceptors (Lipinski definition) is 3. The van der Waals surface area contributed by atoms with Crippen molar-refractivity contribution in [3.63, 3.8) is 0 Å². The van der Waals surface area contributed by atoms with E-state index in [9.17, 15) is 4.79 Å². The lowest BCUT2D eigenvalue weighted by Gasteiger charge is -2.09. The number of halogens is 2. The molecule has 0 aromatic heterocycles. The fraction of sp³-hybridized carbons (Fsp3) is 0.176. The van der Waals surface area contributed by atoms with Crippen LogP contribution in [0.4, 0.5) is 0 Å². The molecule has 0 aliphatic carbocycles. The number of nitrogens with zero attached hydrogens (tertiary/aromatic N) is 1. The molecule has 1 N–H and O–H groups in total. The van der Waals surface area contributed by atoms with E-state index < -0.39 is 0 Å². The molecule has 0 radical (unpaired) electrons. The number of para-hydroxylation sites is 1. The van der Waals surface area contributed by atoms with Crippen LogP contribution in [-0.2, 0) is 0 Å². The van der Waals surface area contributed by atoms with Gasteiger partial charge in [0.2, 0.25) is 0 Å². The van der Waals surface area contributed by atoms with Gasteiger partial charge >= 0.3 is 0 Å². The zero-order valence-corrected chi connectivity index (χ0v) is 14.3. The van der Waals surface area contributed by atoms with Crippen LogP contribution in [-0.4, -0.2) is 18.7 Å². The lowest BCUT2D eigenvalue weighted by atomic mass is 10.1. The molecule has 0 saturated carbocycles. The maximum atomic E-state index is 12.3. The maximum Gasteiger partial charge on any atom is 0.275 e. The van der Waals surface area contributed by atoms with Crippen molar-refractivity contribution in [2.45, 2.75) is 13.3 Å². The first-order chi connectivity index (χ1) is 11.1. The predicted octanol–water partition coefficient (Wildman–Crippen LogP) is 4.55. The Hall–Kier alpha value is -2.04. The fourth-order valence-electron chi connectivity index (χ4n) is 2.06. The summed E-state index contributed by atoms with van der Waals surface area (Å²) in [5.41, 5.74) is 4.35. The monoisotopic (exact) mass is 350 g/mol. The van der Waals surface area contributed by atoms with Crippen molar-refractivity contribution in [2.75, 3.05) is 7.11 Å². The quantitative estimate of drug-likeness (QED) is 0.635. The summed E-state index contributed by atoms with van der Waals surface area (Å²) < 4.78 is 5.17. The fourth-order valence-corrected chi connectivity index (χ4v) is 2.58. The standard InChI is InChI=1S/C17H16Cl2N2O2/c1-3-15(12-9-8-11(18)10-14(12)19)20-21-17(22)13-6-4-5-7-16(13)23-2/h4-10H,3H2,1-2H3,(H,21,22)/b20-15-. The Balaban J connectivity index is 2.24. The van der Waals surface area contributed by atoms with Crippen molar-refractivity contribution >= 4 is 34.8 Å². The average molecular weight is 351 g/mol. The number of benzene rings is 2. The number of amides is 1. The molecule has 4 nitrogen and oxygen atoms in total. The third kappa shape index (κ3) is 4.24. The van der Waals surface area contributed by atoms with E-state index in [0.29, 0.717) is 33.5 Å². The van der Waals surface area contributed by atoms with E-state index in [4.69, 9.17) is 27.9 Å². The number of carbonyl (C=O) groups excluding carboxylic acids is 1. The Morgan fingerprint density at radius 2 is 1.91 bits per heavy atom. The first kappa shape index (κ1) is 17.3. The van der Waals surface area contributed by atoms with Gasteiger partial charge in [-0.15, -0.1) is 0 Å². The lowest BCUT2D eigenvalue weighted by molar-refractivity contribution is 0.0952. The van der Waals surface area contributed by atoms with Gasteiger partial charge in [-0.1, -0.05) is 48.3 Å². The Bertz CT molecular complexity index is 745. The van der Waals surface area contributed by atoms with Gasteiger partial charge in [-0.2, -0.15) is 5.10 Å². The van der Waals surface area contributed by atoms with Gasteiger partial charge in [0.05, 0.1) is 23.4 Å². The summed E-state index contributed by atoms with van der Waals surface area (Å²) in [6.45, 7) is 1.93. The highest BCUT2D eigenvalue weighted by atomic mass is 35.5. The van der Waals surface area contributed by atoms with E-state index in [-0.39, 0.29) is 5.91 Å². The maximum absolute atomic E-state index is 12.3. The van der Waals surface area contributed by atoms with Gasteiger partial charge in [-0.3, -0.25) is 4.79 Å². The van der Waals surface area contributed by atoms with Gasteiger partial charge in [0, 0.05) is 10.6 Å². The Kier molecular flexibility index (Phi) is 6.02. The molecule has 0 bridgehead atoms. The summed E-state index contributed by atoms with van der Waals surface area (Å²) in [5, 5.41) is 5.23. The van der Waals surface area contributed by atoms with Crippen molar-refractivity contribution < 1.29 is 9.53 Å². The Morgan fingerprint density at radius 1 is 1.17 bits per heavy atom. The second-order valence-corrected chi connectivity index (χ2v) is 5.52. The number of ether oxygens (including phenoxy) is 1. The van der Waals surface area contributed by atoms with Crippen LogP contribution in [0.25, 0.3) is 0 Å². The van der Waals surface area contributed by atoms with Gasteiger partial charge in [0.25, 0.3) is 5.91 Å². The molecule has 120 valence electrons. The third-order valence-corrected chi connectivity index (χ3v) is 3.77. The summed E-state index contributed by atoms with van der Waals surface area (Å²) in [4.78, 5) is 12.3. The highest BCUT2D eigenvalue weighted by Gasteiger charge is 2.12. The Labute approximate surface area is 145 Å². The summed E-state index contributed by atoms with van der Waals surface area (Å²) in [6, 6.07) is 12.1. The van der Waals surface area contributed by atoms with Crippen molar-refractivity contribution in [3.05, 3.63) is 63.6 Å². The minimum Gasteiger partial charge on any atom is -0.496 e. The minimum absolute atomic E-state index is 0.349. The van der Waals surface area contributed by atoms with Crippen LogP contribution in [0.2, 0.25) is 10.0 Å². The summed E-state index contributed by atoms with van der Waals surface area (Å²) in [7, 11) is 1.51. The van der Waals surface area contributed by atoms with Crippen LogP contribution >= 0.6 is 23.2 Å². The molecule has 23 heavy (non-hydrogen) atoms. The number of rotatable bonds is 5. The molecule has 0 atom stereocenters. The zero-order valence-electron chi connectivity index (χ0n) is 12.8. The Morgan fingerprint density at radius 3 is 2.57 bits per heavy atom. The SMILES string of the molecule is CC/C(=N/NC(=O)c1ccccc1OC)c1ccc(Cl)cc1Cl. The van der Waals surface area contributed by atoms with Gasteiger partial charge in [0.1, 0.15) is 5.75 Å². The molecule has 0 unspecified atom stereocenters. The van der Waals surface area contributed by atoms with E-state index in [2.05, 4.69) is 10.5 Å². The molecular weight excluding hydrogens is 335 g/mol. The van der Waals surface area contributed by atoms with Crippen LogP contribution < -0.4 is 10.2 Å². The molecule has 2 aromatic rings. The van der Waals surface area contributed by atoms with E-state index in [1.165, 1.54) is 7.11 Å². The molecule has 0 saturated heterocycles. The van der Waals surface area contributed by atoms with Crippen molar-refractivity contribution in [3.8, 4) is 5.75 Å². The number of carbonyl (C=O) groups is 1. The van der Waals surface area contributed by atoms with Gasteiger partial charge < -0.3 is 4.74 Å². The molecule has 0 spiro atoms. The number of hydrazone groups is 1. The zero-order chi connectivity index (χ0) is 16.8. The second kappa shape index (κ2) is 7.99. The van der Waals surface area contributed by atoms with Gasteiger partial charge in [-0.25, -0.2) is 5.43 Å². The molecule has 2 aromatic carbocycles. The van der Waals surface area contributed by atoms with E-state index >= 15 is 0 Å². The normalized spacial score (nSPS) is 11.2. The van der Waals surface area contributed by atoms with Crippen LogP contribution in [0.3, 0.4) is 0 Å². The van der Waals surface area contributed by atoms with Crippen molar-refractivity contribution in [2.24, 2.45) is 5.10 Å². The minimum atomic E-state index is -0.349. The molecule has 0 aliphatic heterocycles. The molecule has 6 heteroatoms. The first-order valence-electron chi connectivity index (χ1n) is 7.02. The largest absolute Gasteiger partial charge is 0.496 e. The average Bonchev–Trinajstić information content (AvgIpc) is 2.56. The molecule has 0 fully saturated rings. The lowest BCUT2D eigenvalue weighted by Crippen LogP contribution is -2.20. The third-order valence-electron chi connectivity index (χ3n) is 3.22. The molecule has 2 rings (SSSR count). The first-order valence-corrected chi connectivity index (χ1v) is 7.77. The number of hydrogen-bond donors (Lipinski definition) is 1. The van der Waals surface area contributed by atoms with E-state index in [1.807, 2.05) is 6.92 Å². The van der Waals surface area contributed by atoms with Crippen LogP contribution in [0.5, 0.6) is 5.75 Å². The van der Waals surface area contributed by atoms with Gasteiger partial charge in [-0.05, 0) is 30.7 Å². The summed E-state index contributed by atoms with van der Waals surface area (Å²) >= 11 is 12.1. The molecule has 0 aliphatic rings. The summed E-state index contributed by atoms with van der Waals surface area (Å²) in [6.07, 6.45) is 0.605. The predicted molar refractivity (Wildman–Crippen MR) is 93.8 cm³/mol. The summed E-state index contributed by atoms with van der Waals surface area (Å²) in [5.74, 6) is 0.140. The highest BCUT2D eigenvalue weighted by molar-refractivity contribution is 6.37. The molecular formula is C17H16Cl2N2O2. The van der Waals surface area contributed by atoms with E-state index in [1.54, 1.807) is 42.5 Å². The van der Waals surface area contributed by atoms with Gasteiger partial charge in [0.15, 0.2) is 0 Å². The highest BCUT2D eigenvalue weighted by Crippen LogP contribution is 2.22. The number of nitrogens with one attached hydrogen (secondary N) is 1. The van der Waals surface area contributed by atoms with Crippen LogP contribution in [0.15, 0.2) is 47.6 Å². The second-order valence-electron chi connectivity index (χ2n) is 4.68. The van der Waals surface area contributed by atoms with E-state index in [0.717, 1.165) is 5.56 Å². The molecule has 0 heterocycles. The van der Waals surface area contributed by atoms with Crippen LogP contribution in [0, 0.1) is 0 Å². The van der Waals surface area contributed by atoms with Crippen LogP contribution in [0.1, 0.15) is 29.3 Å². The number of methoxy groups -OCH3 is 1. The van der Waals surface area contributed by atoms with Crippen molar-refractivity contribution in [1.29, 1.82) is 0 Å². The molecule has 1 amide bonds. The van der Waals surface area contributed by atoms with Crippen molar-refractivity contribution in [1.82, 2.24) is 5.43 Å². The smallest absolute Gasteiger partial charge is 0.275 e.